The first kappa shape index (κ1) is 21.8. The number of rotatable bonds is 5. The average molecular weight is 451 g/mol. The molecule has 1 saturated heterocycles. The quantitative estimate of drug-likeness (QED) is 0.640. The Balaban J connectivity index is 1.54. The molecule has 0 unspecified atom stereocenters. The van der Waals surface area contributed by atoms with E-state index in [1.807, 2.05) is 30.3 Å². The second-order valence-electron chi connectivity index (χ2n) is 7.67. The van der Waals surface area contributed by atoms with E-state index < -0.39 is 11.5 Å². The summed E-state index contributed by atoms with van der Waals surface area (Å²) in [6.07, 6.45) is 3.04. The number of nitrogens with one attached hydrogen (secondary N) is 1. The lowest BCUT2D eigenvalue weighted by atomic mass is 10.1. The Bertz CT molecular complexity index is 1190. The van der Waals surface area contributed by atoms with Gasteiger partial charge in [0.25, 0.3) is 11.5 Å². The van der Waals surface area contributed by atoms with Crippen LogP contribution < -0.4 is 10.9 Å². The van der Waals surface area contributed by atoms with Crippen LogP contribution in [0.25, 0.3) is 11.3 Å². The van der Waals surface area contributed by atoms with Crippen molar-refractivity contribution < 1.29 is 9.59 Å². The number of hydrogen-bond donors (Lipinski definition) is 1. The number of hydrogen-bond acceptors (Lipinski definition) is 4. The Morgan fingerprint density at radius 1 is 0.969 bits per heavy atom. The minimum Gasteiger partial charge on any atom is -0.339 e. The highest BCUT2D eigenvalue weighted by molar-refractivity contribution is 6.31. The molecule has 4 rings (SSSR count). The van der Waals surface area contributed by atoms with Crippen molar-refractivity contribution in [1.82, 2.24) is 14.7 Å². The summed E-state index contributed by atoms with van der Waals surface area (Å²) in [5, 5.41) is 7.45. The van der Waals surface area contributed by atoms with Crippen LogP contribution in [-0.2, 0) is 11.3 Å². The molecule has 3 aromatic rings. The van der Waals surface area contributed by atoms with Gasteiger partial charge in [0.2, 0.25) is 5.91 Å². The summed E-state index contributed by atoms with van der Waals surface area (Å²) in [6, 6.07) is 17.2. The van der Waals surface area contributed by atoms with Gasteiger partial charge in [0.15, 0.2) is 0 Å². The first-order chi connectivity index (χ1) is 15.5. The van der Waals surface area contributed by atoms with Gasteiger partial charge in [0.1, 0.15) is 6.54 Å². The number of carbonyl (C=O) groups excluding carboxylic acids is 2. The topological polar surface area (TPSA) is 84.3 Å². The molecule has 2 aromatic carbocycles. The van der Waals surface area contributed by atoms with Gasteiger partial charge in [0, 0.05) is 29.7 Å². The highest BCUT2D eigenvalue weighted by Gasteiger charge is 2.22. The Kier molecular flexibility index (Phi) is 6.66. The van der Waals surface area contributed by atoms with Crippen LogP contribution in [0.15, 0.2) is 65.5 Å². The first-order valence-corrected chi connectivity index (χ1v) is 10.9. The summed E-state index contributed by atoms with van der Waals surface area (Å²) in [4.78, 5) is 39.8. The summed E-state index contributed by atoms with van der Waals surface area (Å²) in [6.45, 7) is 1.10. The van der Waals surface area contributed by atoms with Crippen molar-refractivity contribution in [2.45, 2.75) is 25.8 Å². The summed E-state index contributed by atoms with van der Waals surface area (Å²) >= 11 is 6.12. The van der Waals surface area contributed by atoms with Gasteiger partial charge in [-0.15, -0.1) is 0 Å². The fraction of sp³-hybridized carbons (Fsp3) is 0.250. The van der Waals surface area contributed by atoms with Gasteiger partial charge >= 0.3 is 0 Å². The first-order valence-electron chi connectivity index (χ1n) is 10.5. The van der Waals surface area contributed by atoms with Crippen LogP contribution in [0, 0.1) is 0 Å². The van der Waals surface area contributed by atoms with E-state index in [9.17, 15) is 14.4 Å². The molecule has 2 heterocycles. The van der Waals surface area contributed by atoms with Crippen molar-refractivity contribution in [2.75, 3.05) is 18.4 Å². The van der Waals surface area contributed by atoms with Crippen LogP contribution >= 0.6 is 11.6 Å². The van der Waals surface area contributed by atoms with Crippen molar-refractivity contribution in [3.63, 3.8) is 0 Å². The van der Waals surface area contributed by atoms with Gasteiger partial charge < -0.3 is 10.2 Å². The van der Waals surface area contributed by atoms with Crippen LogP contribution in [0.5, 0.6) is 0 Å². The van der Waals surface area contributed by atoms with Gasteiger partial charge in [-0.2, -0.15) is 5.10 Å². The monoisotopic (exact) mass is 450 g/mol. The van der Waals surface area contributed by atoms with E-state index in [0.717, 1.165) is 29.5 Å². The molecule has 1 N–H and O–H groups in total. The van der Waals surface area contributed by atoms with Crippen molar-refractivity contribution in [2.24, 2.45) is 0 Å². The zero-order valence-corrected chi connectivity index (χ0v) is 18.2. The predicted molar refractivity (Wildman–Crippen MR) is 124 cm³/mol. The van der Waals surface area contributed by atoms with Crippen molar-refractivity contribution in [3.8, 4) is 11.3 Å². The molecule has 0 radical (unpaired) electrons. The van der Waals surface area contributed by atoms with Crippen LogP contribution in [0.4, 0.5) is 5.69 Å². The third-order valence-corrected chi connectivity index (χ3v) is 5.59. The third-order valence-electron chi connectivity index (χ3n) is 5.36. The Hall–Kier alpha value is -3.45. The molecular formula is C24H23ClN4O3. The summed E-state index contributed by atoms with van der Waals surface area (Å²) < 4.78 is 1.11. The van der Waals surface area contributed by atoms with Crippen molar-refractivity contribution >= 4 is 29.1 Å². The van der Waals surface area contributed by atoms with Crippen LogP contribution in [-0.4, -0.2) is 39.6 Å². The molecule has 0 aliphatic carbocycles. The number of aromatic nitrogens is 2. The second kappa shape index (κ2) is 9.78. The molecule has 1 aromatic heterocycles. The third kappa shape index (κ3) is 5.06. The average Bonchev–Trinajstić information content (AvgIpc) is 2.81. The molecular weight excluding hydrogens is 428 g/mol. The minimum absolute atomic E-state index is 0.141. The lowest BCUT2D eigenvalue weighted by Gasteiger charge is -2.27. The molecule has 164 valence electrons. The number of likely N-dealkylation sites (tertiary alicyclic amines) is 1. The maximum absolute atomic E-state index is 13.0. The second-order valence-corrected chi connectivity index (χ2v) is 8.11. The summed E-state index contributed by atoms with van der Waals surface area (Å²) in [5.41, 5.74) is 1.73. The van der Waals surface area contributed by atoms with E-state index in [0.29, 0.717) is 35.1 Å². The van der Waals surface area contributed by atoms with Gasteiger partial charge in [-0.3, -0.25) is 14.4 Å². The smallest absolute Gasteiger partial charge is 0.267 e. The molecule has 8 heteroatoms. The maximum atomic E-state index is 13.0. The standard InChI is InChI=1S/C24H23ClN4O3/c25-18-9-10-19(24(32)28-13-5-2-6-14-28)21(15-18)26-22(30)16-29-23(31)12-11-20(27-29)17-7-3-1-4-8-17/h1,3-4,7-12,15H,2,5-6,13-14,16H2,(H,26,30). The number of piperidine rings is 1. The molecule has 32 heavy (non-hydrogen) atoms. The molecule has 7 nitrogen and oxygen atoms in total. The zero-order valence-electron chi connectivity index (χ0n) is 17.5. The molecule has 0 spiro atoms. The number of amides is 2. The van der Waals surface area contributed by atoms with Crippen LogP contribution in [0.2, 0.25) is 5.02 Å². The molecule has 1 fully saturated rings. The van der Waals surface area contributed by atoms with Crippen molar-refractivity contribution in [3.05, 3.63) is 81.6 Å². The van der Waals surface area contributed by atoms with E-state index in [1.54, 1.807) is 29.2 Å². The fourth-order valence-corrected chi connectivity index (χ4v) is 3.90. The molecule has 1 aliphatic heterocycles. The largest absolute Gasteiger partial charge is 0.339 e. The Labute approximate surface area is 190 Å². The van der Waals surface area contributed by atoms with Crippen molar-refractivity contribution in [1.29, 1.82) is 0 Å². The van der Waals surface area contributed by atoms with E-state index in [2.05, 4.69) is 10.4 Å². The number of carbonyl (C=O) groups is 2. The normalized spacial score (nSPS) is 13.6. The Morgan fingerprint density at radius 2 is 1.72 bits per heavy atom. The molecule has 0 bridgehead atoms. The molecule has 2 amide bonds. The summed E-state index contributed by atoms with van der Waals surface area (Å²) in [7, 11) is 0. The van der Waals surface area contributed by atoms with Gasteiger partial charge in [0.05, 0.1) is 16.9 Å². The Morgan fingerprint density at radius 3 is 2.47 bits per heavy atom. The maximum Gasteiger partial charge on any atom is 0.267 e. The van der Waals surface area contributed by atoms with Crippen LogP contribution in [0.1, 0.15) is 29.6 Å². The SMILES string of the molecule is O=C(Cn1nc(-c2ccccc2)ccc1=O)Nc1cc(Cl)ccc1C(=O)N1CCCCC1. The number of nitrogens with zero attached hydrogens (tertiary/aromatic N) is 3. The van der Waals surface area contributed by atoms with Crippen LogP contribution in [0.3, 0.4) is 0 Å². The zero-order chi connectivity index (χ0) is 22.5. The van der Waals surface area contributed by atoms with Gasteiger partial charge in [-0.05, 0) is 43.5 Å². The van der Waals surface area contributed by atoms with E-state index in [1.165, 1.54) is 6.07 Å². The number of halogens is 1. The lowest BCUT2D eigenvalue weighted by molar-refractivity contribution is -0.117. The lowest BCUT2D eigenvalue weighted by Crippen LogP contribution is -2.36. The van der Waals surface area contributed by atoms with E-state index in [-0.39, 0.29) is 12.5 Å². The highest BCUT2D eigenvalue weighted by Crippen LogP contribution is 2.24. The molecule has 0 saturated carbocycles. The molecule has 1 aliphatic rings. The highest BCUT2D eigenvalue weighted by atomic mass is 35.5. The predicted octanol–water partition coefficient (Wildman–Crippen LogP) is 3.83. The van der Waals surface area contributed by atoms with Gasteiger partial charge in [-0.1, -0.05) is 41.9 Å². The molecule has 0 atom stereocenters. The fourth-order valence-electron chi connectivity index (χ4n) is 3.72. The number of benzene rings is 2. The summed E-state index contributed by atoms with van der Waals surface area (Å²) in [5.74, 6) is -0.613. The van der Waals surface area contributed by atoms with E-state index >= 15 is 0 Å². The van der Waals surface area contributed by atoms with Gasteiger partial charge in [-0.25, -0.2) is 4.68 Å². The minimum atomic E-state index is -0.472. The number of anilines is 1. The van der Waals surface area contributed by atoms with E-state index in [4.69, 9.17) is 11.6 Å².